The lowest BCUT2D eigenvalue weighted by atomic mass is 9.73. The van der Waals surface area contributed by atoms with Crippen LogP contribution in [0.1, 0.15) is 47.0 Å². The number of nitrogens with zero attached hydrogens (tertiary/aromatic N) is 1. The van der Waals surface area contributed by atoms with Crippen molar-refractivity contribution in [3.8, 4) is 0 Å². The molecule has 3 nitrogen and oxygen atoms in total. The average molecular weight is 268 g/mol. The van der Waals surface area contributed by atoms with Gasteiger partial charge in [-0.25, -0.2) is 0 Å². The van der Waals surface area contributed by atoms with Gasteiger partial charge in [0, 0.05) is 25.7 Å². The maximum atomic E-state index is 6.37. The second-order valence-electron chi connectivity index (χ2n) is 7.58. The van der Waals surface area contributed by atoms with Crippen LogP contribution in [-0.4, -0.2) is 42.8 Å². The van der Waals surface area contributed by atoms with E-state index in [1.807, 2.05) is 0 Å². The van der Waals surface area contributed by atoms with Gasteiger partial charge in [0.1, 0.15) is 0 Å². The van der Waals surface area contributed by atoms with E-state index in [9.17, 15) is 0 Å². The molecule has 19 heavy (non-hydrogen) atoms. The van der Waals surface area contributed by atoms with Crippen LogP contribution < -0.4 is 5.73 Å². The molecule has 3 atom stereocenters. The SMILES string of the molecule is CC(C)C1CCC(N)C(CN2CCOC(C)(C)C2)C1. The summed E-state index contributed by atoms with van der Waals surface area (Å²) in [6, 6.07) is 0.404. The average Bonchev–Trinajstić information content (AvgIpc) is 2.30. The van der Waals surface area contributed by atoms with Crippen molar-refractivity contribution in [3.63, 3.8) is 0 Å². The molecule has 112 valence electrons. The monoisotopic (exact) mass is 268 g/mol. The van der Waals surface area contributed by atoms with Gasteiger partial charge in [-0.05, 0) is 50.9 Å². The molecule has 3 unspecified atom stereocenters. The first-order valence-corrected chi connectivity index (χ1v) is 7.99. The number of rotatable bonds is 3. The van der Waals surface area contributed by atoms with Gasteiger partial charge in [-0.15, -0.1) is 0 Å². The predicted octanol–water partition coefficient (Wildman–Crippen LogP) is 2.50. The van der Waals surface area contributed by atoms with Crippen LogP contribution in [0.2, 0.25) is 0 Å². The van der Waals surface area contributed by atoms with Gasteiger partial charge in [-0.1, -0.05) is 13.8 Å². The van der Waals surface area contributed by atoms with Gasteiger partial charge in [-0.2, -0.15) is 0 Å². The summed E-state index contributed by atoms with van der Waals surface area (Å²) < 4.78 is 5.80. The Morgan fingerprint density at radius 2 is 2.05 bits per heavy atom. The third kappa shape index (κ3) is 4.17. The smallest absolute Gasteiger partial charge is 0.0753 e. The molecule has 1 heterocycles. The van der Waals surface area contributed by atoms with Crippen LogP contribution in [0, 0.1) is 17.8 Å². The normalized spacial score (nSPS) is 36.6. The van der Waals surface area contributed by atoms with Crippen LogP contribution in [0.5, 0.6) is 0 Å². The predicted molar refractivity (Wildman–Crippen MR) is 80.1 cm³/mol. The van der Waals surface area contributed by atoms with Crippen molar-refractivity contribution in [1.82, 2.24) is 4.90 Å². The molecule has 0 aromatic carbocycles. The second kappa shape index (κ2) is 6.11. The fraction of sp³-hybridized carbons (Fsp3) is 1.00. The Balaban J connectivity index is 1.89. The largest absolute Gasteiger partial charge is 0.373 e. The molecule has 0 aromatic rings. The lowest BCUT2D eigenvalue weighted by molar-refractivity contribution is -0.0911. The van der Waals surface area contributed by atoms with Crippen molar-refractivity contribution in [3.05, 3.63) is 0 Å². The zero-order valence-corrected chi connectivity index (χ0v) is 13.2. The summed E-state index contributed by atoms with van der Waals surface area (Å²) in [6.45, 7) is 13.2. The van der Waals surface area contributed by atoms with Gasteiger partial charge < -0.3 is 10.5 Å². The Kier molecular flexibility index (Phi) is 4.91. The Bertz CT molecular complexity index is 290. The fourth-order valence-electron chi connectivity index (χ4n) is 3.74. The molecule has 2 aliphatic rings. The fourth-order valence-corrected chi connectivity index (χ4v) is 3.74. The van der Waals surface area contributed by atoms with E-state index in [4.69, 9.17) is 10.5 Å². The highest BCUT2D eigenvalue weighted by Gasteiger charge is 2.33. The first kappa shape index (κ1) is 15.3. The van der Waals surface area contributed by atoms with Crippen LogP contribution >= 0.6 is 0 Å². The molecule has 0 bridgehead atoms. The van der Waals surface area contributed by atoms with Gasteiger partial charge >= 0.3 is 0 Å². The van der Waals surface area contributed by atoms with Crippen LogP contribution in [0.3, 0.4) is 0 Å². The Labute approximate surface area is 118 Å². The van der Waals surface area contributed by atoms with E-state index >= 15 is 0 Å². The maximum Gasteiger partial charge on any atom is 0.0753 e. The van der Waals surface area contributed by atoms with E-state index in [1.54, 1.807) is 0 Å². The van der Waals surface area contributed by atoms with Crippen LogP contribution in [0.25, 0.3) is 0 Å². The Hall–Kier alpha value is -0.120. The van der Waals surface area contributed by atoms with Crippen LogP contribution in [-0.2, 0) is 4.74 Å². The van der Waals surface area contributed by atoms with Gasteiger partial charge in [-0.3, -0.25) is 4.90 Å². The number of hydrogen-bond donors (Lipinski definition) is 1. The van der Waals surface area contributed by atoms with E-state index in [0.717, 1.165) is 38.1 Å². The van der Waals surface area contributed by atoms with Crippen LogP contribution in [0.15, 0.2) is 0 Å². The molecule has 2 N–H and O–H groups in total. The summed E-state index contributed by atoms with van der Waals surface area (Å²) in [6.07, 6.45) is 3.85. The van der Waals surface area contributed by atoms with Gasteiger partial charge in [0.15, 0.2) is 0 Å². The molecule has 0 amide bonds. The molecule has 1 aliphatic carbocycles. The summed E-state index contributed by atoms with van der Waals surface area (Å²) in [7, 11) is 0. The van der Waals surface area contributed by atoms with Crippen molar-refractivity contribution in [2.45, 2.75) is 58.6 Å². The Morgan fingerprint density at radius 3 is 2.68 bits per heavy atom. The lowest BCUT2D eigenvalue weighted by Gasteiger charge is -2.43. The van der Waals surface area contributed by atoms with Crippen molar-refractivity contribution in [1.29, 1.82) is 0 Å². The number of morpholine rings is 1. The second-order valence-corrected chi connectivity index (χ2v) is 7.58. The summed E-state index contributed by atoms with van der Waals surface area (Å²) in [4.78, 5) is 2.57. The third-order valence-corrected chi connectivity index (χ3v) is 5.02. The molecule has 1 saturated carbocycles. The minimum absolute atomic E-state index is 0.00839. The quantitative estimate of drug-likeness (QED) is 0.854. The van der Waals surface area contributed by atoms with Crippen molar-refractivity contribution in [2.75, 3.05) is 26.2 Å². The molecule has 2 rings (SSSR count). The summed E-state index contributed by atoms with van der Waals surface area (Å²) in [5, 5.41) is 0. The molecule has 2 fully saturated rings. The molecule has 1 aliphatic heterocycles. The zero-order valence-electron chi connectivity index (χ0n) is 13.2. The van der Waals surface area contributed by atoms with Crippen molar-refractivity contribution in [2.24, 2.45) is 23.5 Å². The standard InChI is InChI=1S/C16H32N2O/c1-12(2)13-5-6-15(17)14(9-13)10-18-7-8-19-16(3,4)11-18/h12-15H,5-11,17H2,1-4H3. The number of ether oxygens (including phenoxy) is 1. The van der Waals surface area contributed by atoms with Gasteiger partial charge in [0.05, 0.1) is 12.2 Å². The van der Waals surface area contributed by atoms with Crippen molar-refractivity contribution < 1.29 is 4.74 Å². The van der Waals surface area contributed by atoms with E-state index < -0.39 is 0 Å². The first-order chi connectivity index (χ1) is 8.87. The molecule has 1 saturated heterocycles. The first-order valence-electron chi connectivity index (χ1n) is 7.99. The highest BCUT2D eigenvalue weighted by Crippen LogP contribution is 2.34. The number of nitrogens with two attached hydrogens (primary N) is 1. The minimum atomic E-state index is 0.00839. The van der Waals surface area contributed by atoms with E-state index in [1.165, 1.54) is 19.3 Å². The molecule has 3 heteroatoms. The molecule has 0 radical (unpaired) electrons. The van der Waals surface area contributed by atoms with Crippen LogP contribution in [0.4, 0.5) is 0 Å². The Morgan fingerprint density at radius 1 is 1.32 bits per heavy atom. The van der Waals surface area contributed by atoms with Crippen molar-refractivity contribution >= 4 is 0 Å². The highest BCUT2D eigenvalue weighted by atomic mass is 16.5. The van der Waals surface area contributed by atoms with E-state index in [2.05, 4.69) is 32.6 Å². The zero-order chi connectivity index (χ0) is 14.0. The van der Waals surface area contributed by atoms with Gasteiger partial charge in [0.25, 0.3) is 0 Å². The molecular formula is C16H32N2O. The topological polar surface area (TPSA) is 38.5 Å². The third-order valence-electron chi connectivity index (χ3n) is 5.02. The molecule has 0 aromatic heterocycles. The molecule has 0 spiro atoms. The summed E-state index contributed by atoms with van der Waals surface area (Å²) in [5.41, 5.74) is 6.38. The minimum Gasteiger partial charge on any atom is -0.373 e. The van der Waals surface area contributed by atoms with E-state index in [-0.39, 0.29) is 5.60 Å². The maximum absolute atomic E-state index is 6.37. The number of hydrogen-bond acceptors (Lipinski definition) is 3. The lowest BCUT2D eigenvalue weighted by Crippen LogP contribution is -2.52. The summed E-state index contributed by atoms with van der Waals surface area (Å²) >= 11 is 0. The van der Waals surface area contributed by atoms with Gasteiger partial charge in [0.2, 0.25) is 0 Å². The van der Waals surface area contributed by atoms with E-state index in [0.29, 0.717) is 12.0 Å². The molecular weight excluding hydrogens is 236 g/mol. The summed E-state index contributed by atoms with van der Waals surface area (Å²) in [5.74, 6) is 2.35. The highest BCUT2D eigenvalue weighted by molar-refractivity contribution is 4.88.